The summed E-state index contributed by atoms with van der Waals surface area (Å²) >= 11 is 0. The van der Waals surface area contributed by atoms with E-state index in [0.29, 0.717) is 0 Å². The van der Waals surface area contributed by atoms with E-state index in [1.807, 2.05) is 10.6 Å². The van der Waals surface area contributed by atoms with Crippen molar-refractivity contribution in [3.8, 4) is 0 Å². The van der Waals surface area contributed by atoms with Gasteiger partial charge < -0.3 is 71.9 Å². The Kier molecular flexibility index (Phi) is 19.4. The third-order valence-corrected chi connectivity index (χ3v) is 5.43. The van der Waals surface area contributed by atoms with Crippen molar-refractivity contribution in [1.82, 2.24) is 10.6 Å². The number of carbonyl (C=O) groups is 6. The van der Waals surface area contributed by atoms with Gasteiger partial charge in [0.2, 0.25) is 23.4 Å². The first-order valence-electron chi connectivity index (χ1n) is 12.0. The first kappa shape index (κ1) is 41.0. The van der Waals surface area contributed by atoms with E-state index >= 15 is 0 Å². The summed E-state index contributed by atoms with van der Waals surface area (Å²) in [5, 5.41) is 115. The van der Waals surface area contributed by atoms with Gasteiger partial charge in [-0.2, -0.15) is 0 Å². The Balaban J connectivity index is 0. The molecule has 244 valence electrons. The van der Waals surface area contributed by atoms with Crippen LogP contribution in [0.25, 0.3) is 0 Å². The number of Topliss-reactive ketones (excluding diaryl/α,β-unsaturated/α-hetero) is 2. The molecule has 0 spiro atoms. The molecule has 42 heavy (non-hydrogen) atoms. The van der Waals surface area contributed by atoms with Crippen molar-refractivity contribution >= 4 is 35.3 Å². The molecule has 0 heterocycles. The van der Waals surface area contributed by atoms with Crippen LogP contribution in [0.2, 0.25) is 0 Å². The van der Waals surface area contributed by atoms with Crippen LogP contribution >= 0.6 is 0 Å². The fourth-order valence-corrected chi connectivity index (χ4v) is 3.19. The quantitative estimate of drug-likeness (QED) is 0.0634. The minimum atomic E-state index is -1.94. The molecule has 0 saturated carbocycles. The summed E-state index contributed by atoms with van der Waals surface area (Å²) in [6, 6.07) is -3.22. The van der Waals surface area contributed by atoms with E-state index < -0.39 is 122 Å². The zero-order valence-electron chi connectivity index (χ0n) is 22.4. The molecule has 14 N–H and O–H groups in total. The second kappa shape index (κ2) is 19.9. The van der Waals surface area contributed by atoms with Crippen LogP contribution in [0.3, 0.4) is 0 Å². The Labute approximate surface area is 237 Å². The van der Waals surface area contributed by atoms with Crippen molar-refractivity contribution in [2.24, 2.45) is 0 Å². The number of carboxylic acids is 2. The lowest BCUT2D eigenvalue weighted by molar-refractivity contribution is -0.151. The van der Waals surface area contributed by atoms with Gasteiger partial charge in [0.05, 0.1) is 37.5 Å². The predicted octanol–water partition coefficient (Wildman–Crippen LogP) is -8.06. The van der Waals surface area contributed by atoms with Crippen molar-refractivity contribution in [1.29, 1.82) is 0 Å². The summed E-state index contributed by atoms with van der Waals surface area (Å²) in [5.41, 5.74) is 0. The Hall–Kier alpha value is -3.18. The van der Waals surface area contributed by atoms with Crippen LogP contribution in [0.5, 0.6) is 0 Å². The number of carbonyl (C=O) groups excluding carboxylic acids is 4. The summed E-state index contributed by atoms with van der Waals surface area (Å²) in [7, 11) is 0. The molecule has 2 amide bonds. The van der Waals surface area contributed by atoms with Gasteiger partial charge in [-0.05, 0) is 0 Å². The smallest absolute Gasteiger partial charge is 0.372 e. The number of aliphatic carboxylic acids is 2. The first-order chi connectivity index (χ1) is 19.2. The molecule has 20 heteroatoms. The van der Waals surface area contributed by atoms with Crippen LogP contribution in [0.1, 0.15) is 26.7 Å². The molecule has 20 nitrogen and oxygen atoms in total. The number of nitrogens with one attached hydrogen (secondary N) is 2. The van der Waals surface area contributed by atoms with Gasteiger partial charge in [-0.1, -0.05) is 0 Å². The van der Waals surface area contributed by atoms with Crippen LogP contribution in [0.15, 0.2) is 0 Å². The molecule has 0 saturated heterocycles. The molecule has 10 atom stereocenters. The number of carboxylic acid groups (broad SMARTS) is 2. The van der Waals surface area contributed by atoms with E-state index in [4.69, 9.17) is 20.4 Å². The Morgan fingerprint density at radius 3 is 0.952 bits per heavy atom. The van der Waals surface area contributed by atoms with E-state index in [1.165, 1.54) is 0 Å². The molecule has 0 aliphatic heterocycles. The van der Waals surface area contributed by atoms with Gasteiger partial charge in [-0.25, -0.2) is 9.59 Å². The van der Waals surface area contributed by atoms with Crippen LogP contribution in [0, 0.1) is 0 Å². The van der Waals surface area contributed by atoms with Crippen LogP contribution in [0.4, 0.5) is 0 Å². The van der Waals surface area contributed by atoms with Gasteiger partial charge in [-0.15, -0.1) is 0 Å². The van der Waals surface area contributed by atoms with Crippen molar-refractivity contribution in [3.63, 3.8) is 0 Å². The highest BCUT2D eigenvalue weighted by Crippen LogP contribution is 2.13. The van der Waals surface area contributed by atoms with Gasteiger partial charge >= 0.3 is 11.9 Å². The van der Waals surface area contributed by atoms with Crippen LogP contribution < -0.4 is 10.6 Å². The molecule has 0 aliphatic rings. The zero-order valence-corrected chi connectivity index (χ0v) is 22.4. The number of ketones is 2. The third kappa shape index (κ3) is 14.6. The minimum absolute atomic E-state index is 0.730. The van der Waals surface area contributed by atoms with Gasteiger partial charge in [0.25, 0.3) is 0 Å². The van der Waals surface area contributed by atoms with Crippen molar-refractivity contribution in [2.75, 3.05) is 13.2 Å². The second-order valence-corrected chi connectivity index (χ2v) is 8.91. The fraction of sp³-hybridized carbons (Fsp3) is 0.727. The molecular formula is C22H38N2O18. The van der Waals surface area contributed by atoms with Crippen LogP contribution in [-0.2, 0) is 28.8 Å². The highest BCUT2D eigenvalue weighted by Gasteiger charge is 2.38. The summed E-state index contributed by atoms with van der Waals surface area (Å²) in [6.07, 6.45) is -16.7. The summed E-state index contributed by atoms with van der Waals surface area (Å²) in [6.45, 7) is 0.269. The summed E-state index contributed by atoms with van der Waals surface area (Å²) < 4.78 is 0. The van der Waals surface area contributed by atoms with Gasteiger partial charge in [0, 0.05) is 26.7 Å². The number of hydrogen-bond acceptors (Lipinski definition) is 16. The van der Waals surface area contributed by atoms with Gasteiger partial charge in [0.15, 0.2) is 0 Å². The largest absolute Gasteiger partial charge is 0.475 e. The van der Waals surface area contributed by atoms with E-state index in [9.17, 15) is 69.6 Å². The number of hydrogen-bond donors (Lipinski definition) is 14. The Morgan fingerprint density at radius 2 is 0.762 bits per heavy atom. The highest BCUT2D eigenvalue weighted by atomic mass is 16.4. The average Bonchev–Trinajstić information content (AvgIpc) is 2.91. The standard InChI is InChI=1S/2C11H19NO9/c2*1-4(14)12-8(5(15)2-6(16)11(20)21)10(19)9(18)7(17)3-13/h2*5,7-10,13,15,17-19H,2-3H2,1H3,(H,12,14)(H,20,21)/t2*5-,7+,8+,9+,10+/m00/s1. The van der Waals surface area contributed by atoms with Crippen LogP contribution in [-0.4, -0.2) is 171 Å². The third-order valence-electron chi connectivity index (χ3n) is 5.43. The van der Waals surface area contributed by atoms with Crippen molar-refractivity contribution in [2.45, 2.75) is 87.6 Å². The SMILES string of the molecule is CC(=O)N[C@@H]([C@@H](O)[C@H](O)[C@H](O)CO)[C@@H](O)CC(=O)C(=O)O.CC(=O)N[C@@H]([C@@H](O)[C@H](O)[C@H](O)CO)[C@@H](O)CC(=O)C(=O)O. The van der Waals surface area contributed by atoms with Crippen molar-refractivity contribution in [3.05, 3.63) is 0 Å². The molecule has 0 fully saturated rings. The van der Waals surface area contributed by atoms with Gasteiger partial charge in [0.1, 0.15) is 36.6 Å². The molecule has 0 bridgehead atoms. The normalized spacial score (nSPS) is 18.2. The number of rotatable bonds is 18. The lowest BCUT2D eigenvalue weighted by Gasteiger charge is -2.32. The topological polar surface area (TPSA) is 369 Å². The van der Waals surface area contributed by atoms with E-state index in [1.54, 1.807) is 0 Å². The molecule has 0 rings (SSSR count). The first-order valence-corrected chi connectivity index (χ1v) is 12.0. The monoisotopic (exact) mass is 618 g/mol. The van der Waals surface area contributed by atoms with Crippen molar-refractivity contribution < 1.29 is 90.0 Å². The van der Waals surface area contributed by atoms with E-state index in [-0.39, 0.29) is 0 Å². The lowest BCUT2D eigenvalue weighted by atomic mass is 9.94. The van der Waals surface area contributed by atoms with E-state index in [0.717, 1.165) is 13.8 Å². The molecule has 0 aromatic carbocycles. The zero-order chi connectivity index (χ0) is 33.5. The maximum absolute atomic E-state index is 11.0. The molecule has 0 aliphatic carbocycles. The summed E-state index contributed by atoms with van der Waals surface area (Å²) in [5.74, 6) is -7.79. The fourth-order valence-electron chi connectivity index (χ4n) is 3.19. The molecule has 0 unspecified atom stereocenters. The average molecular weight is 619 g/mol. The maximum Gasteiger partial charge on any atom is 0.372 e. The second-order valence-electron chi connectivity index (χ2n) is 8.91. The van der Waals surface area contributed by atoms with E-state index in [2.05, 4.69) is 0 Å². The molecular weight excluding hydrogens is 580 g/mol. The Morgan fingerprint density at radius 1 is 0.500 bits per heavy atom. The number of amides is 2. The minimum Gasteiger partial charge on any atom is -0.475 e. The molecule has 0 radical (unpaired) electrons. The molecule has 0 aromatic heterocycles. The number of aliphatic hydroxyl groups is 10. The maximum atomic E-state index is 11.0. The lowest BCUT2D eigenvalue weighted by Crippen LogP contribution is -2.57. The Bertz CT molecular complexity index is 844. The summed E-state index contributed by atoms with van der Waals surface area (Å²) in [4.78, 5) is 64.9. The van der Waals surface area contributed by atoms with Gasteiger partial charge in [-0.3, -0.25) is 19.2 Å². The number of aliphatic hydroxyl groups excluding tert-OH is 10. The predicted molar refractivity (Wildman–Crippen MR) is 132 cm³/mol. The highest BCUT2D eigenvalue weighted by molar-refractivity contribution is 6.33. The molecule has 0 aromatic rings.